The van der Waals surface area contributed by atoms with Gasteiger partial charge in [0.25, 0.3) is 0 Å². The van der Waals surface area contributed by atoms with Crippen LogP contribution in [0.3, 0.4) is 0 Å². The van der Waals surface area contributed by atoms with Gasteiger partial charge in [-0.2, -0.15) is 0 Å². The average molecular weight is 601 g/mol. The number of likely N-dealkylation sites (N-methyl/N-ethyl adjacent to an activating group) is 1. The number of carbonyl (C=O) groups excluding carboxylic acids is 2. The van der Waals surface area contributed by atoms with Crippen LogP contribution >= 0.6 is 0 Å². The Kier molecular flexibility index (Phi) is 14.1. The largest absolute Gasteiger partial charge is 0.392 e. The summed E-state index contributed by atoms with van der Waals surface area (Å²) >= 11 is 0. The molecule has 0 radical (unpaired) electrons. The Balaban J connectivity index is 2.37. The number of hydrogen-bond donors (Lipinski definition) is 4. The van der Waals surface area contributed by atoms with Gasteiger partial charge in [0.15, 0.2) is 6.29 Å². The molecule has 0 bridgehead atoms. The first-order chi connectivity index (χ1) is 19.4. The molecule has 11 atom stereocenters. The van der Waals surface area contributed by atoms with Crippen molar-refractivity contribution in [2.45, 2.75) is 122 Å². The third-order valence-electron chi connectivity index (χ3n) is 9.06. The minimum atomic E-state index is -1.46. The molecule has 11 nitrogen and oxygen atoms in total. The van der Waals surface area contributed by atoms with Gasteiger partial charge in [0.1, 0.15) is 6.10 Å². The SMILES string of the molecule is C[C@H]1CN(C)C(=O)C[C@H](CCCCN(C)C)NC(=O)[C@H](C)[C@@H](O)[C@H](C)[C@@H](O[C@@H]2O[C@H](C)C[C@H](N(C)C)[C@H]2O)[C@](C)(O)C1. The van der Waals surface area contributed by atoms with Gasteiger partial charge in [0.05, 0.1) is 29.8 Å². The molecule has 2 saturated heterocycles. The van der Waals surface area contributed by atoms with E-state index in [4.69, 9.17) is 9.47 Å². The Bertz CT molecular complexity index is 857. The van der Waals surface area contributed by atoms with Gasteiger partial charge in [-0.25, -0.2) is 0 Å². The van der Waals surface area contributed by atoms with Gasteiger partial charge in [-0.1, -0.05) is 27.2 Å². The van der Waals surface area contributed by atoms with E-state index in [0.717, 1.165) is 19.4 Å². The van der Waals surface area contributed by atoms with Crippen LogP contribution in [-0.2, 0) is 19.1 Å². The van der Waals surface area contributed by atoms with Crippen LogP contribution in [0.2, 0.25) is 0 Å². The zero-order valence-electron chi connectivity index (χ0n) is 27.7. The van der Waals surface area contributed by atoms with Crippen LogP contribution in [-0.4, -0.2) is 139 Å². The number of aliphatic hydroxyl groups excluding tert-OH is 2. The quantitative estimate of drug-likeness (QED) is 0.304. The average Bonchev–Trinajstić information content (AvgIpc) is 2.88. The lowest BCUT2D eigenvalue weighted by Crippen LogP contribution is -2.59. The molecule has 2 fully saturated rings. The fourth-order valence-corrected chi connectivity index (χ4v) is 6.62. The smallest absolute Gasteiger partial charge is 0.225 e. The monoisotopic (exact) mass is 600 g/mol. The van der Waals surface area contributed by atoms with Crippen molar-refractivity contribution >= 4 is 11.8 Å². The first-order valence-corrected chi connectivity index (χ1v) is 15.7. The summed E-state index contributed by atoms with van der Waals surface area (Å²) in [6, 6.07) is -0.552. The third kappa shape index (κ3) is 10.4. The number of nitrogens with zero attached hydrogens (tertiary/aromatic N) is 3. The van der Waals surface area contributed by atoms with E-state index in [1.54, 1.807) is 32.7 Å². The molecule has 0 aromatic heterocycles. The Morgan fingerprint density at radius 3 is 2.31 bits per heavy atom. The summed E-state index contributed by atoms with van der Waals surface area (Å²) in [5.74, 6) is -2.03. The molecule has 0 spiro atoms. The van der Waals surface area contributed by atoms with Crippen molar-refractivity contribution in [1.82, 2.24) is 20.0 Å². The lowest BCUT2D eigenvalue weighted by Gasteiger charge is -2.46. The van der Waals surface area contributed by atoms with Gasteiger partial charge in [0.2, 0.25) is 11.8 Å². The number of amides is 2. The molecule has 2 aliphatic rings. The first kappa shape index (κ1) is 36.8. The summed E-state index contributed by atoms with van der Waals surface area (Å²) in [7, 11) is 9.57. The van der Waals surface area contributed by atoms with Crippen LogP contribution in [0.4, 0.5) is 0 Å². The fourth-order valence-electron chi connectivity index (χ4n) is 6.62. The highest BCUT2D eigenvalue weighted by Gasteiger charge is 2.47. The second-order valence-electron chi connectivity index (χ2n) is 13.9. The maximum Gasteiger partial charge on any atom is 0.225 e. The molecule has 2 amide bonds. The Morgan fingerprint density at radius 1 is 1.07 bits per heavy atom. The number of rotatable bonds is 8. The number of hydrogen-bond acceptors (Lipinski definition) is 9. The predicted molar refractivity (Wildman–Crippen MR) is 163 cm³/mol. The van der Waals surface area contributed by atoms with E-state index in [-0.39, 0.29) is 48.8 Å². The van der Waals surface area contributed by atoms with Gasteiger partial charge >= 0.3 is 0 Å². The minimum Gasteiger partial charge on any atom is -0.392 e. The summed E-state index contributed by atoms with van der Waals surface area (Å²) in [5, 5.41) is 37.6. The number of carbonyl (C=O) groups is 2. The number of aliphatic hydroxyl groups is 3. The van der Waals surface area contributed by atoms with Crippen LogP contribution < -0.4 is 5.32 Å². The normalized spacial score (nSPS) is 39.8. The molecule has 42 heavy (non-hydrogen) atoms. The van der Waals surface area contributed by atoms with E-state index >= 15 is 0 Å². The number of ether oxygens (including phenoxy) is 2. The van der Waals surface area contributed by atoms with E-state index < -0.39 is 42.0 Å². The molecular weight excluding hydrogens is 540 g/mol. The number of unbranched alkanes of at least 4 members (excludes halogenated alkanes) is 1. The standard InChI is InChI=1S/C31H60N4O7/c1-19-17-31(5,40)28(42-30-27(38)24(34(8)9)15-20(2)41-30)21(3)26(37)22(4)29(39)32-23(13-11-12-14-33(6)7)16-25(36)35(10)18-19/h19-24,26-28,30,37-38,40H,11-18H2,1-10H3,(H,32,39)/t19-,20-,21+,22-,23+,24+,26+,27-,28-,30+,31-/m1/s1. The maximum absolute atomic E-state index is 13.4. The summed E-state index contributed by atoms with van der Waals surface area (Å²) < 4.78 is 12.4. The highest BCUT2D eigenvalue weighted by Crippen LogP contribution is 2.35. The topological polar surface area (TPSA) is 135 Å². The molecule has 0 aliphatic carbocycles. The zero-order chi connectivity index (χ0) is 31.9. The predicted octanol–water partition coefficient (Wildman–Crippen LogP) is 1.29. The van der Waals surface area contributed by atoms with Crippen LogP contribution in [0.1, 0.15) is 73.1 Å². The molecule has 0 aromatic carbocycles. The van der Waals surface area contributed by atoms with Crippen molar-refractivity contribution in [1.29, 1.82) is 0 Å². The summed E-state index contributed by atoms with van der Waals surface area (Å²) in [6.45, 7) is 10.3. The molecule has 246 valence electrons. The van der Waals surface area contributed by atoms with Gasteiger partial charge in [-0.05, 0) is 80.2 Å². The van der Waals surface area contributed by atoms with Crippen molar-refractivity contribution in [3.05, 3.63) is 0 Å². The molecule has 0 aromatic rings. The van der Waals surface area contributed by atoms with Crippen LogP contribution in [0, 0.1) is 17.8 Å². The molecule has 0 unspecified atom stereocenters. The van der Waals surface area contributed by atoms with E-state index in [1.165, 1.54) is 0 Å². The van der Waals surface area contributed by atoms with Gasteiger partial charge in [-0.15, -0.1) is 0 Å². The first-order valence-electron chi connectivity index (χ1n) is 15.7. The maximum atomic E-state index is 13.4. The van der Waals surface area contributed by atoms with Crippen molar-refractivity contribution in [2.24, 2.45) is 17.8 Å². The third-order valence-corrected chi connectivity index (χ3v) is 9.06. The highest BCUT2D eigenvalue weighted by molar-refractivity contribution is 5.81. The number of nitrogens with one attached hydrogen (secondary N) is 1. The molecule has 4 N–H and O–H groups in total. The molecule has 2 heterocycles. The van der Waals surface area contributed by atoms with Crippen molar-refractivity contribution in [3.8, 4) is 0 Å². The van der Waals surface area contributed by atoms with Crippen molar-refractivity contribution < 1.29 is 34.4 Å². The van der Waals surface area contributed by atoms with Crippen LogP contribution in [0.5, 0.6) is 0 Å². The van der Waals surface area contributed by atoms with E-state index in [0.29, 0.717) is 19.4 Å². The van der Waals surface area contributed by atoms with Crippen LogP contribution in [0.15, 0.2) is 0 Å². The van der Waals surface area contributed by atoms with E-state index in [9.17, 15) is 24.9 Å². The van der Waals surface area contributed by atoms with E-state index in [2.05, 4.69) is 10.2 Å². The van der Waals surface area contributed by atoms with Gasteiger partial charge in [0, 0.05) is 38.0 Å². The second kappa shape index (κ2) is 16.1. The lowest BCUT2D eigenvalue weighted by atomic mass is 9.77. The van der Waals surface area contributed by atoms with E-state index in [1.807, 2.05) is 46.9 Å². The fraction of sp³-hybridized carbons (Fsp3) is 0.935. The highest BCUT2D eigenvalue weighted by atomic mass is 16.7. The Morgan fingerprint density at radius 2 is 1.71 bits per heavy atom. The summed E-state index contributed by atoms with van der Waals surface area (Å²) in [5.41, 5.74) is -1.46. The molecule has 2 aliphatic heterocycles. The van der Waals surface area contributed by atoms with Crippen LogP contribution in [0.25, 0.3) is 0 Å². The minimum absolute atomic E-state index is 0.0757. The van der Waals surface area contributed by atoms with Crippen molar-refractivity contribution in [2.75, 3.05) is 48.3 Å². The summed E-state index contributed by atoms with van der Waals surface area (Å²) in [6.07, 6.45) is -0.762. The van der Waals surface area contributed by atoms with Gasteiger partial charge in [-0.3, -0.25) is 9.59 Å². The molecule has 11 heteroatoms. The Hall–Kier alpha value is -1.34. The Labute approximate surface area is 253 Å². The molecule has 2 rings (SSSR count). The van der Waals surface area contributed by atoms with Gasteiger partial charge < -0.3 is 44.8 Å². The summed E-state index contributed by atoms with van der Waals surface area (Å²) in [4.78, 5) is 32.3. The lowest BCUT2D eigenvalue weighted by molar-refractivity contribution is -0.299. The zero-order valence-corrected chi connectivity index (χ0v) is 27.7. The second-order valence-corrected chi connectivity index (χ2v) is 13.9. The van der Waals surface area contributed by atoms with Crippen molar-refractivity contribution in [3.63, 3.8) is 0 Å². The molecule has 0 saturated carbocycles. The molecular formula is C31H60N4O7.